The number of hydrogen-bond acceptors (Lipinski definition) is 5. The normalized spacial score (nSPS) is 12.7. The second kappa shape index (κ2) is 7.08. The number of anilines is 1. The summed E-state index contributed by atoms with van der Waals surface area (Å²) in [5, 5.41) is 2.88. The lowest BCUT2D eigenvalue weighted by Crippen LogP contribution is -2.30. The molecule has 0 aliphatic rings. The zero-order valence-electron chi connectivity index (χ0n) is 12.5. The van der Waals surface area contributed by atoms with E-state index in [1.165, 1.54) is 31.3 Å². The molecule has 0 aliphatic carbocycles. The monoisotopic (exact) mass is 354 g/mol. The first-order chi connectivity index (χ1) is 10.8. The van der Waals surface area contributed by atoms with Crippen molar-refractivity contribution in [3.63, 3.8) is 0 Å². The number of hydrogen-bond donors (Lipinski definition) is 1. The predicted molar refractivity (Wildman–Crippen MR) is 86.8 cm³/mol. The third kappa shape index (κ3) is 4.75. The molecule has 0 saturated heterocycles. The van der Waals surface area contributed by atoms with E-state index >= 15 is 0 Å². The standard InChI is InChI=1S/C15H15ClN2O4S/c1-10-3-6-13(7-4-10)23(20,21)22-11(2)15(19)18-14-8-5-12(16)9-17-14/h3-9,11H,1-2H3,(H,17,18,19)/t11-/m1/s1. The molecule has 122 valence electrons. The number of halogens is 1. The predicted octanol–water partition coefficient (Wildman–Crippen LogP) is 2.78. The Hall–Kier alpha value is -1.96. The number of rotatable bonds is 5. The van der Waals surface area contributed by atoms with Crippen LogP contribution in [-0.2, 0) is 19.1 Å². The van der Waals surface area contributed by atoms with Gasteiger partial charge in [-0.1, -0.05) is 29.3 Å². The van der Waals surface area contributed by atoms with Gasteiger partial charge in [-0.2, -0.15) is 8.42 Å². The minimum Gasteiger partial charge on any atom is -0.308 e. The molecule has 2 aromatic rings. The van der Waals surface area contributed by atoms with Crippen molar-refractivity contribution in [2.75, 3.05) is 5.32 Å². The Bertz CT molecular complexity index is 789. The number of carbonyl (C=O) groups excluding carboxylic acids is 1. The lowest BCUT2D eigenvalue weighted by molar-refractivity contribution is -0.121. The number of benzene rings is 1. The van der Waals surface area contributed by atoms with E-state index in [0.717, 1.165) is 5.56 Å². The molecule has 0 saturated carbocycles. The molecule has 2 rings (SSSR count). The van der Waals surface area contributed by atoms with Gasteiger partial charge in [0.1, 0.15) is 5.82 Å². The van der Waals surface area contributed by atoms with Crippen LogP contribution in [0.5, 0.6) is 0 Å². The highest BCUT2D eigenvalue weighted by Gasteiger charge is 2.24. The number of nitrogens with zero attached hydrogens (tertiary/aromatic N) is 1. The first-order valence-electron chi connectivity index (χ1n) is 6.70. The highest BCUT2D eigenvalue weighted by Crippen LogP contribution is 2.16. The van der Waals surface area contributed by atoms with E-state index in [0.29, 0.717) is 5.02 Å². The Labute approximate surface area is 139 Å². The Morgan fingerprint density at radius 3 is 2.43 bits per heavy atom. The number of amides is 1. The van der Waals surface area contributed by atoms with Crippen molar-refractivity contribution in [1.29, 1.82) is 0 Å². The van der Waals surface area contributed by atoms with E-state index in [2.05, 4.69) is 10.3 Å². The van der Waals surface area contributed by atoms with Crippen molar-refractivity contribution in [3.8, 4) is 0 Å². The first kappa shape index (κ1) is 17.4. The third-order valence-electron chi connectivity index (χ3n) is 2.93. The zero-order chi connectivity index (χ0) is 17.0. The Morgan fingerprint density at radius 2 is 1.87 bits per heavy atom. The van der Waals surface area contributed by atoms with Crippen molar-refractivity contribution < 1.29 is 17.4 Å². The van der Waals surface area contributed by atoms with E-state index in [1.54, 1.807) is 18.2 Å². The van der Waals surface area contributed by atoms with Gasteiger partial charge in [-0.15, -0.1) is 0 Å². The lowest BCUT2D eigenvalue weighted by Gasteiger charge is -2.13. The van der Waals surface area contributed by atoms with Crippen LogP contribution in [-0.4, -0.2) is 25.4 Å². The largest absolute Gasteiger partial charge is 0.308 e. The Morgan fingerprint density at radius 1 is 1.22 bits per heavy atom. The fraction of sp³-hybridized carbons (Fsp3) is 0.200. The average Bonchev–Trinajstić information content (AvgIpc) is 2.49. The van der Waals surface area contributed by atoms with Crippen LogP contribution in [0.4, 0.5) is 5.82 Å². The molecular weight excluding hydrogens is 340 g/mol. The second-order valence-electron chi connectivity index (χ2n) is 4.86. The molecule has 1 aromatic carbocycles. The van der Waals surface area contributed by atoms with Gasteiger partial charge in [-0.3, -0.25) is 8.98 Å². The maximum atomic E-state index is 12.1. The maximum Gasteiger partial charge on any atom is 0.297 e. The van der Waals surface area contributed by atoms with Gasteiger partial charge >= 0.3 is 0 Å². The molecule has 0 radical (unpaired) electrons. The van der Waals surface area contributed by atoms with E-state index in [-0.39, 0.29) is 10.7 Å². The van der Waals surface area contributed by atoms with E-state index in [9.17, 15) is 13.2 Å². The van der Waals surface area contributed by atoms with Gasteiger partial charge in [0.15, 0.2) is 6.10 Å². The minimum atomic E-state index is -4.02. The van der Waals surface area contributed by atoms with E-state index < -0.39 is 22.1 Å². The molecule has 1 amide bonds. The molecule has 6 nitrogen and oxygen atoms in total. The van der Waals surface area contributed by atoms with Crippen LogP contribution in [0.15, 0.2) is 47.5 Å². The van der Waals surface area contributed by atoms with Gasteiger partial charge in [-0.25, -0.2) is 4.98 Å². The zero-order valence-corrected chi connectivity index (χ0v) is 14.1. The highest BCUT2D eigenvalue weighted by molar-refractivity contribution is 7.86. The minimum absolute atomic E-state index is 0.00707. The average molecular weight is 355 g/mol. The summed E-state index contributed by atoms with van der Waals surface area (Å²) in [6, 6.07) is 9.21. The van der Waals surface area contributed by atoms with Gasteiger partial charge in [-0.05, 0) is 38.1 Å². The van der Waals surface area contributed by atoms with Crippen LogP contribution >= 0.6 is 11.6 Å². The summed E-state index contributed by atoms with van der Waals surface area (Å²) in [5.41, 5.74) is 0.920. The quantitative estimate of drug-likeness (QED) is 0.834. The van der Waals surface area contributed by atoms with Crippen LogP contribution in [0.1, 0.15) is 12.5 Å². The Kier molecular flexibility index (Phi) is 5.35. The van der Waals surface area contributed by atoms with Gasteiger partial charge < -0.3 is 5.32 Å². The fourth-order valence-corrected chi connectivity index (χ4v) is 2.83. The second-order valence-corrected chi connectivity index (χ2v) is 6.87. The molecule has 0 aliphatic heterocycles. The molecular formula is C15H15ClN2O4S. The molecule has 23 heavy (non-hydrogen) atoms. The number of aryl methyl sites for hydroxylation is 1. The Balaban J connectivity index is 2.05. The molecule has 0 fully saturated rings. The molecule has 0 unspecified atom stereocenters. The third-order valence-corrected chi connectivity index (χ3v) is 4.54. The lowest BCUT2D eigenvalue weighted by atomic mass is 10.2. The summed E-state index contributed by atoms with van der Waals surface area (Å²) in [6.07, 6.45) is 0.157. The molecule has 1 N–H and O–H groups in total. The van der Waals surface area contributed by atoms with Crippen molar-refractivity contribution in [3.05, 3.63) is 53.2 Å². The molecule has 0 bridgehead atoms. The van der Waals surface area contributed by atoms with Crippen LogP contribution < -0.4 is 5.32 Å². The summed E-state index contributed by atoms with van der Waals surface area (Å²) in [5.74, 6) is -0.377. The van der Waals surface area contributed by atoms with Crippen LogP contribution in [0.3, 0.4) is 0 Å². The van der Waals surface area contributed by atoms with Gasteiger partial charge in [0.05, 0.1) is 9.92 Å². The maximum absolute atomic E-state index is 12.1. The SMILES string of the molecule is Cc1ccc(S(=O)(=O)O[C@H](C)C(=O)Nc2ccc(Cl)cn2)cc1. The van der Waals surface area contributed by atoms with Gasteiger partial charge in [0.2, 0.25) is 0 Å². The topological polar surface area (TPSA) is 85.4 Å². The molecule has 8 heteroatoms. The number of nitrogens with one attached hydrogen (secondary N) is 1. The summed E-state index contributed by atoms with van der Waals surface area (Å²) in [6.45, 7) is 3.18. The fourth-order valence-electron chi connectivity index (χ4n) is 1.67. The molecule has 1 atom stereocenters. The summed E-state index contributed by atoms with van der Waals surface area (Å²) < 4.78 is 29.2. The number of carbonyl (C=O) groups is 1. The number of aromatic nitrogens is 1. The van der Waals surface area contributed by atoms with Crippen LogP contribution in [0.25, 0.3) is 0 Å². The van der Waals surface area contributed by atoms with Crippen molar-refractivity contribution >= 4 is 33.4 Å². The smallest absolute Gasteiger partial charge is 0.297 e. The van der Waals surface area contributed by atoms with Crippen molar-refractivity contribution in [2.45, 2.75) is 24.8 Å². The molecule has 0 spiro atoms. The first-order valence-corrected chi connectivity index (χ1v) is 8.49. The summed E-state index contributed by atoms with van der Waals surface area (Å²) in [7, 11) is -4.02. The molecule has 1 aromatic heterocycles. The van der Waals surface area contributed by atoms with Crippen molar-refractivity contribution in [1.82, 2.24) is 4.98 Å². The number of pyridine rings is 1. The molecule has 1 heterocycles. The van der Waals surface area contributed by atoms with E-state index in [1.807, 2.05) is 6.92 Å². The summed E-state index contributed by atoms with van der Waals surface area (Å²) in [4.78, 5) is 15.9. The van der Waals surface area contributed by atoms with Crippen molar-refractivity contribution in [2.24, 2.45) is 0 Å². The van der Waals surface area contributed by atoms with Crippen LogP contribution in [0.2, 0.25) is 5.02 Å². The van der Waals surface area contributed by atoms with Crippen LogP contribution in [0, 0.1) is 6.92 Å². The highest BCUT2D eigenvalue weighted by atomic mass is 35.5. The van der Waals surface area contributed by atoms with E-state index in [4.69, 9.17) is 15.8 Å². The summed E-state index contributed by atoms with van der Waals surface area (Å²) >= 11 is 5.70. The van der Waals surface area contributed by atoms with Gasteiger partial charge in [0.25, 0.3) is 16.0 Å². The van der Waals surface area contributed by atoms with Gasteiger partial charge in [0, 0.05) is 6.20 Å².